The van der Waals surface area contributed by atoms with Gasteiger partial charge in [-0.3, -0.25) is 4.79 Å². The van der Waals surface area contributed by atoms with Gasteiger partial charge in [0.05, 0.1) is 18.5 Å². The highest BCUT2D eigenvalue weighted by Gasteiger charge is 2.13. The predicted octanol–water partition coefficient (Wildman–Crippen LogP) is 4.75. The lowest BCUT2D eigenvalue weighted by atomic mass is 10.1. The number of aromatic nitrogens is 3. The zero-order valence-corrected chi connectivity index (χ0v) is 20.7. The Hall–Kier alpha value is -4.17. The van der Waals surface area contributed by atoms with Crippen LogP contribution in [-0.4, -0.2) is 53.1 Å². The molecule has 0 aliphatic rings. The summed E-state index contributed by atoms with van der Waals surface area (Å²) in [5.74, 6) is 0.865. The molecule has 4 aromatic rings. The number of likely N-dealkylation sites (N-methyl/N-ethyl adjacent to an activating group) is 1. The van der Waals surface area contributed by atoms with Crippen LogP contribution in [0, 0.1) is 6.92 Å². The third kappa shape index (κ3) is 5.50. The Balaban J connectivity index is 1.62. The molecule has 0 unspecified atom stereocenters. The number of ether oxygens (including phenoxy) is 1. The van der Waals surface area contributed by atoms with Crippen molar-refractivity contribution in [1.29, 1.82) is 0 Å². The minimum absolute atomic E-state index is 0.194. The standard InChI is InChI=1S/C27H30N6O2/c1-18-15-25(35-5)23(16-22(18)29-26(34)11-8-14-32(2)3)31-27-28-13-12-21(30-27)20-17-33(4)24-10-7-6-9-19(20)24/h6-13,15-17H,14H2,1-5H3,(H,29,34)(H,28,30,31). The molecule has 35 heavy (non-hydrogen) atoms. The first-order chi connectivity index (χ1) is 16.9. The molecule has 1 amide bonds. The zero-order valence-electron chi connectivity index (χ0n) is 20.7. The SMILES string of the molecule is COc1cc(C)c(NC(=O)C=CCN(C)C)cc1Nc1nccc(-c2cn(C)c3ccccc23)n1. The second-order valence-electron chi connectivity index (χ2n) is 8.58. The molecule has 0 atom stereocenters. The summed E-state index contributed by atoms with van der Waals surface area (Å²) in [4.78, 5) is 23.5. The average molecular weight is 471 g/mol. The summed E-state index contributed by atoms with van der Waals surface area (Å²) < 4.78 is 7.66. The largest absolute Gasteiger partial charge is 0.495 e. The van der Waals surface area contributed by atoms with Crippen molar-refractivity contribution < 1.29 is 9.53 Å². The zero-order chi connectivity index (χ0) is 24.9. The van der Waals surface area contributed by atoms with Crippen LogP contribution in [-0.2, 0) is 11.8 Å². The van der Waals surface area contributed by atoms with Gasteiger partial charge in [0.2, 0.25) is 11.9 Å². The molecule has 0 saturated heterocycles. The smallest absolute Gasteiger partial charge is 0.248 e. The number of nitrogens with zero attached hydrogens (tertiary/aromatic N) is 4. The molecule has 0 saturated carbocycles. The van der Waals surface area contributed by atoms with E-state index < -0.39 is 0 Å². The Labute approximate surface area is 205 Å². The fourth-order valence-electron chi connectivity index (χ4n) is 3.86. The van der Waals surface area contributed by atoms with Gasteiger partial charge in [-0.05, 0) is 50.8 Å². The number of hydrogen-bond donors (Lipinski definition) is 2. The maximum absolute atomic E-state index is 12.4. The minimum atomic E-state index is -0.194. The molecule has 2 heterocycles. The van der Waals surface area contributed by atoms with Gasteiger partial charge in [-0.2, -0.15) is 0 Å². The molecule has 8 heteroatoms. The topological polar surface area (TPSA) is 84.3 Å². The van der Waals surface area contributed by atoms with Gasteiger partial charge in [0.25, 0.3) is 0 Å². The summed E-state index contributed by atoms with van der Waals surface area (Å²) in [7, 11) is 7.53. The van der Waals surface area contributed by atoms with Crippen molar-refractivity contribution in [3.8, 4) is 17.0 Å². The summed E-state index contributed by atoms with van der Waals surface area (Å²) in [6, 6.07) is 13.8. The number of anilines is 3. The highest BCUT2D eigenvalue weighted by atomic mass is 16.5. The van der Waals surface area contributed by atoms with E-state index in [-0.39, 0.29) is 5.91 Å². The van der Waals surface area contributed by atoms with Crippen LogP contribution in [0.5, 0.6) is 5.75 Å². The molecule has 0 spiro atoms. The van der Waals surface area contributed by atoms with E-state index in [1.54, 1.807) is 13.3 Å². The number of benzene rings is 2. The highest BCUT2D eigenvalue weighted by molar-refractivity contribution is 6.00. The summed E-state index contributed by atoms with van der Waals surface area (Å²) in [5, 5.41) is 7.32. The number of methoxy groups -OCH3 is 1. The van der Waals surface area contributed by atoms with Crippen molar-refractivity contribution in [2.24, 2.45) is 7.05 Å². The first-order valence-corrected chi connectivity index (χ1v) is 11.3. The summed E-state index contributed by atoms with van der Waals surface area (Å²) in [5.41, 5.74) is 5.19. The van der Waals surface area contributed by atoms with Crippen molar-refractivity contribution in [2.75, 3.05) is 38.4 Å². The maximum atomic E-state index is 12.4. The number of para-hydroxylation sites is 1. The van der Waals surface area contributed by atoms with E-state index in [0.717, 1.165) is 27.7 Å². The van der Waals surface area contributed by atoms with Crippen LogP contribution in [0.1, 0.15) is 5.56 Å². The number of carbonyl (C=O) groups excluding carboxylic acids is 1. The molecule has 2 aromatic carbocycles. The lowest BCUT2D eigenvalue weighted by Gasteiger charge is -2.15. The Morgan fingerprint density at radius 2 is 1.97 bits per heavy atom. The lowest BCUT2D eigenvalue weighted by Crippen LogP contribution is -2.13. The molecule has 4 rings (SSSR count). The molecule has 0 bridgehead atoms. The number of aryl methyl sites for hydroxylation is 2. The second-order valence-corrected chi connectivity index (χ2v) is 8.58. The van der Waals surface area contributed by atoms with Gasteiger partial charge in [-0.25, -0.2) is 9.97 Å². The molecule has 0 fully saturated rings. The van der Waals surface area contributed by atoms with Crippen LogP contribution in [0.2, 0.25) is 0 Å². The lowest BCUT2D eigenvalue weighted by molar-refractivity contribution is -0.111. The highest BCUT2D eigenvalue weighted by Crippen LogP contribution is 2.34. The molecule has 0 aliphatic heterocycles. The molecule has 180 valence electrons. The van der Waals surface area contributed by atoms with E-state index in [9.17, 15) is 4.79 Å². The molecular weight excluding hydrogens is 440 g/mol. The van der Waals surface area contributed by atoms with Gasteiger partial charge in [0, 0.05) is 54.2 Å². The molecule has 8 nitrogen and oxygen atoms in total. The van der Waals surface area contributed by atoms with E-state index >= 15 is 0 Å². The van der Waals surface area contributed by atoms with Gasteiger partial charge in [0.1, 0.15) is 5.75 Å². The number of fused-ring (bicyclic) bond motifs is 1. The van der Waals surface area contributed by atoms with E-state index in [2.05, 4.69) is 38.5 Å². The number of carbonyl (C=O) groups is 1. The monoisotopic (exact) mass is 470 g/mol. The van der Waals surface area contributed by atoms with Crippen molar-refractivity contribution in [2.45, 2.75) is 6.92 Å². The Morgan fingerprint density at radius 1 is 1.17 bits per heavy atom. The molecule has 0 radical (unpaired) electrons. The second kappa shape index (κ2) is 10.4. The molecule has 2 N–H and O–H groups in total. The minimum Gasteiger partial charge on any atom is -0.495 e. The normalized spacial score (nSPS) is 11.4. The van der Waals surface area contributed by atoms with Gasteiger partial charge < -0.3 is 24.8 Å². The Kier molecular flexibility index (Phi) is 7.12. The average Bonchev–Trinajstić information content (AvgIpc) is 3.17. The molecule has 0 aliphatic carbocycles. The van der Waals surface area contributed by atoms with Crippen LogP contribution in [0.3, 0.4) is 0 Å². The number of rotatable bonds is 8. The van der Waals surface area contributed by atoms with E-state index in [0.29, 0.717) is 29.6 Å². The van der Waals surface area contributed by atoms with Crippen LogP contribution in [0.25, 0.3) is 22.2 Å². The number of amides is 1. The summed E-state index contributed by atoms with van der Waals surface area (Å²) >= 11 is 0. The van der Waals surface area contributed by atoms with Gasteiger partial charge in [-0.15, -0.1) is 0 Å². The number of hydrogen-bond acceptors (Lipinski definition) is 6. The van der Waals surface area contributed by atoms with Crippen LogP contribution in [0.15, 0.2) is 67.0 Å². The predicted molar refractivity (Wildman–Crippen MR) is 141 cm³/mol. The fourth-order valence-corrected chi connectivity index (χ4v) is 3.86. The maximum Gasteiger partial charge on any atom is 0.248 e. The van der Waals surface area contributed by atoms with Crippen molar-refractivity contribution in [1.82, 2.24) is 19.4 Å². The molecular formula is C27H30N6O2. The van der Waals surface area contributed by atoms with Crippen LogP contribution < -0.4 is 15.4 Å². The number of nitrogens with one attached hydrogen (secondary N) is 2. The van der Waals surface area contributed by atoms with Crippen molar-refractivity contribution in [3.63, 3.8) is 0 Å². The first-order valence-electron chi connectivity index (χ1n) is 11.3. The quantitative estimate of drug-likeness (QED) is 0.362. The Bertz CT molecular complexity index is 1390. The van der Waals surface area contributed by atoms with Crippen molar-refractivity contribution >= 4 is 34.1 Å². The first kappa shape index (κ1) is 24.0. The van der Waals surface area contributed by atoms with E-state index in [1.165, 1.54) is 6.08 Å². The summed E-state index contributed by atoms with van der Waals surface area (Å²) in [6.07, 6.45) is 7.15. The van der Waals surface area contributed by atoms with Crippen molar-refractivity contribution in [3.05, 3.63) is 72.6 Å². The van der Waals surface area contributed by atoms with Gasteiger partial charge in [0.15, 0.2) is 0 Å². The fraction of sp³-hybridized carbons (Fsp3) is 0.222. The molecule has 2 aromatic heterocycles. The van der Waals surface area contributed by atoms with E-state index in [1.807, 2.05) is 69.4 Å². The summed E-state index contributed by atoms with van der Waals surface area (Å²) in [6.45, 7) is 2.61. The van der Waals surface area contributed by atoms with Gasteiger partial charge >= 0.3 is 0 Å². The van der Waals surface area contributed by atoms with Crippen LogP contribution >= 0.6 is 0 Å². The van der Waals surface area contributed by atoms with E-state index in [4.69, 9.17) is 9.72 Å². The third-order valence-electron chi connectivity index (χ3n) is 5.62. The van der Waals surface area contributed by atoms with Crippen LogP contribution in [0.4, 0.5) is 17.3 Å². The van der Waals surface area contributed by atoms with Gasteiger partial charge in [-0.1, -0.05) is 24.3 Å². The Morgan fingerprint density at radius 3 is 2.74 bits per heavy atom. The third-order valence-corrected chi connectivity index (χ3v) is 5.62.